The molecule has 6 heteroatoms. The number of nitrogens with one attached hydrogen (secondary N) is 1. The van der Waals surface area contributed by atoms with Crippen molar-refractivity contribution in [1.82, 2.24) is 19.6 Å². The normalized spacial score (nSPS) is 15.4. The van der Waals surface area contributed by atoms with Gasteiger partial charge in [0.15, 0.2) is 0 Å². The number of rotatable bonds is 5. The molecule has 0 aliphatic carbocycles. The summed E-state index contributed by atoms with van der Waals surface area (Å²) in [7, 11) is 0. The van der Waals surface area contributed by atoms with Gasteiger partial charge < -0.3 is 9.72 Å². The van der Waals surface area contributed by atoms with Crippen LogP contribution in [-0.4, -0.2) is 40.0 Å². The highest BCUT2D eigenvalue weighted by Crippen LogP contribution is 2.16. The second-order valence-corrected chi connectivity index (χ2v) is 6.16. The summed E-state index contributed by atoms with van der Waals surface area (Å²) in [5, 5.41) is 3.46. The molecule has 1 fully saturated rings. The van der Waals surface area contributed by atoms with Crippen LogP contribution in [-0.2, 0) is 6.54 Å². The third kappa shape index (κ3) is 5.08. The molecular weight excluding hydrogens is 331 g/mol. The van der Waals surface area contributed by atoms with Crippen LogP contribution in [0.3, 0.4) is 0 Å². The van der Waals surface area contributed by atoms with Crippen molar-refractivity contribution in [3.63, 3.8) is 0 Å². The number of imidazole rings is 1. The minimum absolute atomic E-state index is 0. The standard InChI is InChI=1S/C17H26N4.2ClH/c1-3-10-20(16-6-8-18-9-7-16)12-15-13-21-11-14(2)4-5-17(21)19-15;;/h4-5,11,13,16,18H,3,6-10,12H2,1-2H3;2*1H. The van der Waals surface area contributed by atoms with Gasteiger partial charge in [0.2, 0.25) is 0 Å². The average Bonchev–Trinajstić information content (AvgIpc) is 2.89. The molecule has 1 N–H and O–H groups in total. The molecule has 0 bridgehead atoms. The van der Waals surface area contributed by atoms with E-state index in [0.29, 0.717) is 6.04 Å². The largest absolute Gasteiger partial charge is 0.317 e. The second kappa shape index (κ2) is 9.48. The third-order valence-corrected chi connectivity index (χ3v) is 4.35. The molecule has 4 nitrogen and oxygen atoms in total. The lowest BCUT2D eigenvalue weighted by molar-refractivity contribution is 0.152. The Morgan fingerprint density at radius 1 is 1.22 bits per heavy atom. The first-order valence-corrected chi connectivity index (χ1v) is 8.15. The van der Waals surface area contributed by atoms with Gasteiger partial charge in [-0.15, -0.1) is 24.8 Å². The maximum Gasteiger partial charge on any atom is 0.137 e. The number of fused-ring (bicyclic) bond motifs is 1. The zero-order valence-electron chi connectivity index (χ0n) is 14.0. The Labute approximate surface area is 151 Å². The smallest absolute Gasteiger partial charge is 0.137 e. The van der Waals surface area contributed by atoms with Crippen molar-refractivity contribution in [2.24, 2.45) is 0 Å². The van der Waals surface area contributed by atoms with Crippen LogP contribution in [0.5, 0.6) is 0 Å². The number of nitrogens with zero attached hydrogens (tertiary/aromatic N) is 3. The molecule has 1 saturated heterocycles. The highest BCUT2D eigenvalue weighted by atomic mass is 35.5. The highest BCUT2D eigenvalue weighted by molar-refractivity contribution is 5.85. The zero-order valence-corrected chi connectivity index (χ0v) is 15.6. The second-order valence-electron chi connectivity index (χ2n) is 6.16. The zero-order chi connectivity index (χ0) is 14.7. The number of aryl methyl sites for hydroxylation is 1. The highest BCUT2D eigenvalue weighted by Gasteiger charge is 2.21. The molecule has 23 heavy (non-hydrogen) atoms. The summed E-state index contributed by atoms with van der Waals surface area (Å²) in [5.74, 6) is 0. The molecule has 0 spiro atoms. The molecule has 0 saturated carbocycles. The topological polar surface area (TPSA) is 32.6 Å². The van der Waals surface area contributed by atoms with E-state index >= 15 is 0 Å². The summed E-state index contributed by atoms with van der Waals surface area (Å²) in [6, 6.07) is 4.94. The lowest BCUT2D eigenvalue weighted by Gasteiger charge is -2.34. The monoisotopic (exact) mass is 358 g/mol. The first-order valence-electron chi connectivity index (χ1n) is 8.15. The fourth-order valence-corrected chi connectivity index (χ4v) is 3.29. The quantitative estimate of drug-likeness (QED) is 0.888. The molecule has 0 radical (unpaired) electrons. The number of halogens is 2. The van der Waals surface area contributed by atoms with E-state index in [2.05, 4.69) is 53.0 Å². The van der Waals surface area contributed by atoms with Gasteiger partial charge in [0.05, 0.1) is 5.69 Å². The summed E-state index contributed by atoms with van der Waals surface area (Å²) >= 11 is 0. The van der Waals surface area contributed by atoms with E-state index in [9.17, 15) is 0 Å². The van der Waals surface area contributed by atoms with Gasteiger partial charge in [0.25, 0.3) is 0 Å². The van der Waals surface area contributed by atoms with E-state index in [1.807, 2.05) is 0 Å². The fourth-order valence-electron chi connectivity index (χ4n) is 3.29. The first kappa shape index (κ1) is 20.2. The minimum atomic E-state index is 0. The van der Waals surface area contributed by atoms with Gasteiger partial charge in [-0.25, -0.2) is 4.98 Å². The molecule has 1 aliphatic heterocycles. The molecule has 3 heterocycles. The van der Waals surface area contributed by atoms with Crippen LogP contribution in [0.15, 0.2) is 24.5 Å². The summed E-state index contributed by atoms with van der Waals surface area (Å²) in [5.41, 5.74) is 3.51. The van der Waals surface area contributed by atoms with Gasteiger partial charge in [0.1, 0.15) is 5.65 Å². The minimum Gasteiger partial charge on any atom is -0.317 e. The van der Waals surface area contributed by atoms with Crippen molar-refractivity contribution in [2.75, 3.05) is 19.6 Å². The number of hydrogen-bond donors (Lipinski definition) is 1. The summed E-state index contributed by atoms with van der Waals surface area (Å²) in [6.45, 7) is 8.82. The Hall–Kier alpha value is -0.810. The Kier molecular flexibility index (Phi) is 8.34. The lowest BCUT2D eigenvalue weighted by Crippen LogP contribution is -2.43. The van der Waals surface area contributed by atoms with Crippen LogP contribution < -0.4 is 5.32 Å². The van der Waals surface area contributed by atoms with Crippen molar-refractivity contribution in [3.05, 3.63) is 35.8 Å². The van der Waals surface area contributed by atoms with Crippen molar-refractivity contribution >= 4 is 30.5 Å². The summed E-state index contributed by atoms with van der Waals surface area (Å²) < 4.78 is 2.15. The number of piperidine rings is 1. The van der Waals surface area contributed by atoms with Crippen LogP contribution in [0.25, 0.3) is 5.65 Å². The van der Waals surface area contributed by atoms with Gasteiger partial charge in [-0.3, -0.25) is 4.90 Å². The fraction of sp³-hybridized carbons (Fsp3) is 0.588. The molecule has 0 aromatic carbocycles. The predicted octanol–water partition coefficient (Wildman–Crippen LogP) is 3.45. The Bertz CT molecular complexity index is 593. The molecule has 2 aromatic rings. The molecule has 0 atom stereocenters. The maximum atomic E-state index is 4.78. The Balaban J connectivity index is 0.00000132. The molecule has 130 valence electrons. The van der Waals surface area contributed by atoms with Crippen molar-refractivity contribution in [1.29, 1.82) is 0 Å². The number of pyridine rings is 1. The van der Waals surface area contributed by atoms with Crippen LogP contribution in [0.2, 0.25) is 0 Å². The van der Waals surface area contributed by atoms with Gasteiger partial charge in [0, 0.05) is 25.0 Å². The van der Waals surface area contributed by atoms with E-state index in [4.69, 9.17) is 4.98 Å². The predicted molar refractivity (Wildman–Crippen MR) is 101 cm³/mol. The van der Waals surface area contributed by atoms with Gasteiger partial charge in [-0.1, -0.05) is 13.0 Å². The molecule has 1 aliphatic rings. The molecule has 0 unspecified atom stereocenters. The van der Waals surface area contributed by atoms with Crippen LogP contribution >= 0.6 is 24.8 Å². The van der Waals surface area contributed by atoms with Crippen LogP contribution in [0.4, 0.5) is 0 Å². The van der Waals surface area contributed by atoms with Gasteiger partial charge in [-0.05, 0) is 57.5 Å². The molecule has 2 aromatic heterocycles. The summed E-state index contributed by atoms with van der Waals surface area (Å²) in [6.07, 6.45) is 8.06. The molecule has 3 rings (SSSR count). The lowest BCUT2D eigenvalue weighted by atomic mass is 10.0. The van der Waals surface area contributed by atoms with E-state index in [-0.39, 0.29) is 24.8 Å². The van der Waals surface area contributed by atoms with Crippen molar-refractivity contribution in [2.45, 2.75) is 45.7 Å². The van der Waals surface area contributed by atoms with Gasteiger partial charge >= 0.3 is 0 Å². The summed E-state index contributed by atoms with van der Waals surface area (Å²) in [4.78, 5) is 7.40. The van der Waals surface area contributed by atoms with Crippen LogP contribution in [0, 0.1) is 6.92 Å². The third-order valence-electron chi connectivity index (χ3n) is 4.35. The number of hydrogen-bond acceptors (Lipinski definition) is 3. The molecular formula is C17H28Cl2N4. The van der Waals surface area contributed by atoms with Crippen molar-refractivity contribution in [3.8, 4) is 0 Å². The van der Waals surface area contributed by atoms with Crippen LogP contribution in [0.1, 0.15) is 37.4 Å². The molecule has 0 amide bonds. The average molecular weight is 359 g/mol. The van der Waals surface area contributed by atoms with E-state index in [0.717, 1.165) is 31.8 Å². The van der Waals surface area contributed by atoms with Gasteiger partial charge in [-0.2, -0.15) is 0 Å². The van der Waals surface area contributed by atoms with E-state index < -0.39 is 0 Å². The number of aromatic nitrogens is 2. The maximum absolute atomic E-state index is 4.78. The van der Waals surface area contributed by atoms with Crippen molar-refractivity contribution < 1.29 is 0 Å². The van der Waals surface area contributed by atoms with E-state index in [1.165, 1.54) is 30.5 Å². The van der Waals surface area contributed by atoms with E-state index in [1.54, 1.807) is 0 Å². The SMILES string of the molecule is CCCN(Cc1cn2cc(C)ccc2n1)C1CCNCC1.Cl.Cl. The first-order chi connectivity index (χ1) is 10.3. The Morgan fingerprint density at radius 3 is 2.65 bits per heavy atom. The Morgan fingerprint density at radius 2 is 1.96 bits per heavy atom.